The van der Waals surface area contributed by atoms with Crippen molar-refractivity contribution in [3.05, 3.63) is 0 Å². The van der Waals surface area contributed by atoms with Gasteiger partial charge in [-0.1, -0.05) is 0 Å². The molecule has 2 aliphatic rings. The van der Waals surface area contributed by atoms with E-state index >= 15 is 0 Å². The molecular weight excluding hydrogens is 266 g/mol. The van der Waals surface area contributed by atoms with Crippen LogP contribution in [0, 0.1) is 5.92 Å². The maximum absolute atomic E-state index is 12.2. The lowest BCUT2D eigenvalue weighted by atomic mass is 9.98. The molecular formula is C16H31N3O2. The summed E-state index contributed by atoms with van der Waals surface area (Å²) in [6.45, 7) is 14.0. The smallest absolute Gasteiger partial charge is 0.410 e. The zero-order valence-corrected chi connectivity index (χ0v) is 14.0. The van der Waals surface area contributed by atoms with Crippen LogP contribution in [0.15, 0.2) is 0 Å². The van der Waals surface area contributed by atoms with Crippen LogP contribution in [0.3, 0.4) is 0 Å². The van der Waals surface area contributed by atoms with Gasteiger partial charge in [-0.25, -0.2) is 4.79 Å². The number of nitrogens with zero attached hydrogens (tertiary/aromatic N) is 2. The molecule has 122 valence electrons. The third kappa shape index (κ3) is 5.15. The van der Waals surface area contributed by atoms with Crippen molar-refractivity contribution in [3.8, 4) is 0 Å². The number of hydrogen-bond acceptors (Lipinski definition) is 4. The number of ether oxygens (including phenoxy) is 1. The van der Waals surface area contributed by atoms with Gasteiger partial charge in [0.25, 0.3) is 0 Å². The second-order valence-corrected chi connectivity index (χ2v) is 7.49. The normalized spacial score (nSPS) is 28.5. The summed E-state index contributed by atoms with van der Waals surface area (Å²) in [7, 11) is 0. The van der Waals surface area contributed by atoms with Crippen LogP contribution >= 0.6 is 0 Å². The molecule has 2 saturated heterocycles. The van der Waals surface area contributed by atoms with E-state index in [2.05, 4.69) is 17.1 Å². The highest BCUT2D eigenvalue weighted by molar-refractivity contribution is 5.68. The van der Waals surface area contributed by atoms with Gasteiger partial charge in [0.2, 0.25) is 0 Å². The first kappa shape index (κ1) is 16.6. The second-order valence-electron chi connectivity index (χ2n) is 7.49. The maximum Gasteiger partial charge on any atom is 0.410 e. The summed E-state index contributed by atoms with van der Waals surface area (Å²) in [5.74, 6) is 0.763. The third-order valence-corrected chi connectivity index (χ3v) is 4.25. The van der Waals surface area contributed by atoms with E-state index in [1.807, 2.05) is 25.7 Å². The Bertz CT molecular complexity index is 348. The van der Waals surface area contributed by atoms with Gasteiger partial charge in [0.1, 0.15) is 5.60 Å². The number of rotatable bonds is 2. The fourth-order valence-corrected chi connectivity index (χ4v) is 3.24. The van der Waals surface area contributed by atoms with Gasteiger partial charge in [0, 0.05) is 32.2 Å². The number of piperazine rings is 1. The summed E-state index contributed by atoms with van der Waals surface area (Å²) in [5.41, 5.74) is -0.415. The molecule has 0 radical (unpaired) electrons. The minimum Gasteiger partial charge on any atom is -0.444 e. The predicted octanol–water partition coefficient (Wildman–Crippen LogP) is 1.93. The Morgan fingerprint density at radius 3 is 2.67 bits per heavy atom. The van der Waals surface area contributed by atoms with Crippen LogP contribution in [-0.4, -0.2) is 66.8 Å². The van der Waals surface area contributed by atoms with Crippen LogP contribution in [0.1, 0.15) is 40.5 Å². The molecule has 5 heteroatoms. The van der Waals surface area contributed by atoms with Crippen molar-refractivity contribution in [1.29, 1.82) is 0 Å². The van der Waals surface area contributed by atoms with Crippen molar-refractivity contribution >= 4 is 6.09 Å². The molecule has 0 aromatic carbocycles. The minimum atomic E-state index is -0.415. The monoisotopic (exact) mass is 297 g/mol. The van der Waals surface area contributed by atoms with Crippen LogP contribution in [0.5, 0.6) is 0 Å². The Labute approximate surface area is 129 Å². The molecule has 0 saturated carbocycles. The summed E-state index contributed by atoms with van der Waals surface area (Å²) in [5, 5.41) is 3.48. The average Bonchev–Trinajstić information content (AvgIpc) is 2.37. The highest BCUT2D eigenvalue weighted by atomic mass is 16.6. The van der Waals surface area contributed by atoms with Gasteiger partial charge < -0.3 is 15.0 Å². The molecule has 0 aromatic heterocycles. The molecule has 0 aliphatic carbocycles. The lowest BCUT2D eigenvalue weighted by Gasteiger charge is -2.41. The quantitative estimate of drug-likeness (QED) is 0.846. The summed E-state index contributed by atoms with van der Waals surface area (Å²) < 4.78 is 5.49. The SMILES string of the molecule is CC1CN(CC2CCCNC2)CCN1C(=O)OC(C)(C)C. The van der Waals surface area contributed by atoms with E-state index < -0.39 is 5.60 Å². The lowest BCUT2D eigenvalue weighted by molar-refractivity contribution is -0.000579. The first-order valence-corrected chi connectivity index (χ1v) is 8.28. The molecule has 0 bridgehead atoms. The number of nitrogens with one attached hydrogen (secondary N) is 1. The molecule has 1 N–H and O–H groups in total. The largest absolute Gasteiger partial charge is 0.444 e. The molecule has 2 heterocycles. The molecule has 2 unspecified atom stereocenters. The Balaban J connectivity index is 1.79. The van der Waals surface area contributed by atoms with Gasteiger partial charge in [0.05, 0.1) is 0 Å². The second kappa shape index (κ2) is 6.97. The minimum absolute atomic E-state index is 0.172. The van der Waals surface area contributed by atoms with Crippen molar-refractivity contribution in [2.75, 3.05) is 39.3 Å². The van der Waals surface area contributed by atoms with Gasteiger partial charge in [-0.2, -0.15) is 0 Å². The van der Waals surface area contributed by atoms with E-state index in [1.54, 1.807) is 0 Å². The van der Waals surface area contributed by atoms with Crippen LogP contribution in [0.25, 0.3) is 0 Å². The summed E-state index contributed by atoms with van der Waals surface area (Å²) in [6, 6.07) is 0.227. The van der Waals surface area contributed by atoms with E-state index in [9.17, 15) is 4.79 Å². The van der Waals surface area contributed by atoms with Gasteiger partial charge in [-0.05, 0) is 59.5 Å². The van der Waals surface area contributed by atoms with Crippen LogP contribution in [0.4, 0.5) is 4.79 Å². The molecule has 5 nitrogen and oxygen atoms in total. The van der Waals surface area contributed by atoms with Crippen molar-refractivity contribution in [3.63, 3.8) is 0 Å². The Kier molecular flexibility index (Phi) is 5.49. The molecule has 2 rings (SSSR count). The lowest BCUT2D eigenvalue weighted by Crippen LogP contribution is -2.56. The topological polar surface area (TPSA) is 44.8 Å². The van der Waals surface area contributed by atoms with Crippen molar-refractivity contribution in [2.45, 2.75) is 52.2 Å². The van der Waals surface area contributed by atoms with Gasteiger partial charge in [-0.3, -0.25) is 4.90 Å². The van der Waals surface area contributed by atoms with Crippen LogP contribution in [0.2, 0.25) is 0 Å². The summed E-state index contributed by atoms with van der Waals surface area (Å²) in [4.78, 5) is 16.6. The van der Waals surface area contributed by atoms with Gasteiger partial charge in [-0.15, -0.1) is 0 Å². The van der Waals surface area contributed by atoms with Crippen molar-refractivity contribution in [1.82, 2.24) is 15.1 Å². The Morgan fingerprint density at radius 1 is 1.33 bits per heavy atom. The van der Waals surface area contributed by atoms with Crippen molar-refractivity contribution in [2.24, 2.45) is 5.92 Å². The third-order valence-electron chi connectivity index (χ3n) is 4.25. The number of amides is 1. The number of hydrogen-bond donors (Lipinski definition) is 1. The van der Waals surface area contributed by atoms with Gasteiger partial charge in [0.15, 0.2) is 0 Å². The molecule has 2 atom stereocenters. The molecule has 2 fully saturated rings. The molecule has 0 aromatic rings. The average molecular weight is 297 g/mol. The summed E-state index contributed by atoms with van der Waals surface area (Å²) in [6.07, 6.45) is 2.44. The van der Waals surface area contributed by atoms with E-state index in [1.165, 1.54) is 19.4 Å². The van der Waals surface area contributed by atoms with E-state index in [0.29, 0.717) is 0 Å². The van der Waals surface area contributed by atoms with Crippen molar-refractivity contribution < 1.29 is 9.53 Å². The zero-order chi connectivity index (χ0) is 15.5. The Morgan fingerprint density at radius 2 is 2.10 bits per heavy atom. The molecule has 2 aliphatic heterocycles. The zero-order valence-electron chi connectivity index (χ0n) is 14.0. The number of carbonyl (C=O) groups is 1. The Hall–Kier alpha value is -0.810. The summed E-state index contributed by atoms with van der Waals surface area (Å²) >= 11 is 0. The number of piperidine rings is 1. The highest BCUT2D eigenvalue weighted by Gasteiger charge is 2.31. The van der Waals surface area contributed by atoms with E-state index in [4.69, 9.17) is 4.74 Å². The standard InChI is InChI=1S/C16H31N3O2/c1-13-11-18(12-14-6-5-7-17-10-14)8-9-19(13)15(20)21-16(2,3)4/h13-14,17H,5-12H2,1-4H3. The highest BCUT2D eigenvalue weighted by Crippen LogP contribution is 2.18. The van der Waals surface area contributed by atoms with Crippen LogP contribution < -0.4 is 5.32 Å². The molecule has 1 amide bonds. The van der Waals surface area contributed by atoms with Gasteiger partial charge >= 0.3 is 6.09 Å². The first-order valence-electron chi connectivity index (χ1n) is 8.28. The van der Waals surface area contributed by atoms with E-state index in [0.717, 1.165) is 38.6 Å². The van der Waals surface area contributed by atoms with Crippen LogP contribution in [-0.2, 0) is 4.74 Å². The first-order chi connectivity index (χ1) is 9.85. The molecule has 21 heavy (non-hydrogen) atoms. The maximum atomic E-state index is 12.2. The van der Waals surface area contributed by atoms with E-state index in [-0.39, 0.29) is 12.1 Å². The number of carbonyl (C=O) groups excluding carboxylic acids is 1. The molecule has 0 spiro atoms. The fourth-order valence-electron chi connectivity index (χ4n) is 3.24. The fraction of sp³-hybridized carbons (Fsp3) is 0.938. The predicted molar refractivity (Wildman–Crippen MR) is 84.4 cm³/mol.